The third-order valence-electron chi connectivity index (χ3n) is 2.32. The molecule has 0 aliphatic heterocycles. The van der Waals surface area contributed by atoms with Crippen molar-refractivity contribution < 1.29 is 26.3 Å². The fourth-order valence-corrected chi connectivity index (χ4v) is 2.52. The summed E-state index contributed by atoms with van der Waals surface area (Å²) in [4.78, 5) is -0.338. The molecular weight excluding hydrogens is 281 g/mol. The summed E-state index contributed by atoms with van der Waals surface area (Å²) in [5, 5.41) is 0. The molecule has 0 atom stereocenters. The first kappa shape index (κ1) is 16.0. The monoisotopic (exact) mass is 296 g/mol. The Bertz CT molecular complexity index is 521. The standard InChI is InChI=1S/C12H15F3O3S/c1-9(2)18-6-7-19(16,17)11-5-3-4-10(8-11)12(13,14)15/h3-5,8-9H,6-7H2,1-2H3. The zero-order valence-corrected chi connectivity index (χ0v) is 11.4. The minimum absolute atomic E-state index is 0.0454. The van der Waals surface area contributed by atoms with Crippen LogP contribution in [0.4, 0.5) is 13.2 Å². The number of rotatable bonds is 5. The van der Waals surface area contributed by atoms with Crippen LogP contribution in [-0.4, -0.2) is 26.9 Å². The van der Waals surface area contributed by atoms with Gasteiger partial charge in [-0.1, -0.05) is 6.07 Å². The summed E-state index contributed by atoms with van der Waals surface area (Å²) in [5.74, 6) is -0.341. The first-order valence-electron chi connectivity index (χ1n) is 5.64. The highest BCUT2D eigenvalue weighted by Gasteiger charge is 2.31. The van der Waals surface area contributed by atoms with Gasteiger partial charge >= 0.3 is 6.18 Å². The molecule has 19 heavy (non-hydrogen) atoms. The Morgan fingerprint density at radius 3 is 2.42 bits per heavy atom. The predicted octanol–water partition coefficient (Wildman–Crippen LogP) is 2.90. The summed E-state index contributed by atoms with van der Waals surface area (Å²) < 4.78 is 66.3. The summed E-state index contributed by atoms with van der Waals surface area (Å²) in [6, 6.07) is 3.72. The molecule has 0 spiro atoms. The van der Waals surface area contributed by atoms with Gasteiger partial charge in [-0.25, -0.2) is 8.42 Å². The first-order valence-corrected chi connectivity index (χ1v) is 7.30. The van der Waals surface area contributed by atoms with Gasteiger partial charge in [-0.15, -0.1) is 0 Å². The van der Waals surface area contributed by atoms with Gasteiger partial charge in [0.25, 0.3) is 0 Å². The molecule has 0 heterocycles. The Balaban J connectivity index is 2.90. The zero-order chi connectivity index (χ0) is 14.7. The molecule has 0 fully saturated rings. The second-order valence-electron chi connectivity index (χ2n) is 4.26. The van der Waals surface area contributed by atoms with E-state index in [0.29, 0.717) is 6.07 Å². The normalized spacial score (nSPS) is 12.9. The fraction of sp³-hybridized carbons (Fsp3) is 0.500. The SMILES string of the molecule is CC(C)OCCS(=O)(=O)c1cccc(C(F)(F)F)c1. The van der Waals surface area contributed by atoms with Gasteiger partial charge in [-0.3, -0.25) is 0 Å². The number of hydrogen-bond acceptors (Lipinski definition) is 3. The molecule has 1 rings (SSSR count). The van der Waals surface area contributed by atoms with E-state index in [4.69, 9.17) is 4.74 Å². The average molecular weight is 296 g/mol. The van der Waals surface area contributed by atoms with Crippen molar-refractivity contribution in [3.63, 3.8) is 0 Å². The summed E-state index contributed by atoms with van der Waals surface area (Å²) >= 11 is 0. The molecule has 0 saturated carbocycles. The fourth-order valence-electron chi connectivity index (χ4n) is 1.38. The number of benzene rings is 1. The van der Waals surface area contributed by atoms with Crippen LogP contribution in [0.3, 0.4) is 0 Å². The van der Waals surface area contributed by atoms with E-state index in [9.17, 15) is 21.6 Å². The number of alkyl halides is 3. The molecule has 1 aromatic rings. The van der Waals surface area contributed by atoms with Crippen molar-refractivity contribution in [2.75, 3.05) is 12.4 Å². The van der Waals surface area contributed by atoms with E-state index in [2.05, 4.69) is 0 Å². The van der Waals surface area contributed by atoms with Crippen LogP contribution >= 0.6 is 0 Å². The molecule has 0 aliphatic carbocycles. The summed E-state index contributed by atoms with van der Waals surface area (Å²) in [6.45, 7) is 3.45. The second-order valence-corrected chi connectivity index (χ2v) is 6.37. The minimum Gasteiger partial charge on any atom is -0.378 e. The smallest absolute Gasteiger partial charge is 0.378 e. The summed E-state index contributed by atoms with van der Waals surface area (Å²) in [5.41, 5.74) is -0.974. The highest BCUT2D eigenvalue weighted by atomic mass is 32.2. The third-order valence-corrected chi connectivity index (χ3v) is 4.00. The summed E-state index contributed by atoms with van der Waals surface area (Å²) in [6.07, 6.45) is -4.68. The molecule has 0 radical (unpaired) electrons. The van der Waals surface area contributed by atoms with Gasteiger partial charge in [0.05, 0.1) is 28.9 Å². The number of hydrogen-bond donors (Lipinski definition) is 0. The van der Waals surface area contributed by atoms with Crippen molar-refractivity contribution in [2.45, 2.75) is 31.0 Å². The van der Waals surface area contributed by atoms with Crippen molar-refractivity contribution in [3.8, 4) is 0 Å². The van der Waals surface area contributed by atoms with Crippen LogP contribution in [0, 0.1) is 0 Å². The largest absolute Gasteiger partial charge is 0.416 e. The Morgan fingerprint density at radius 1 is 1.26 bits per heavy atom. The lowest BCUT2D eigenvalue weighted by atomic mass is 10.2. The topological polar surface area (TPSA) is 43.4 Å². The zero-order valence-electron chi connectivity index (χ0n) is 10.6. The number of halogens is 3. The van der Waals surface area contributed by atoms with Crippen LogP contribution in [0.15, 0.2) is 29.2 Å². The van der Waals surface area contributed by atoms with Crippen LogP contribution in [-0.2, 0) is 20.8 Å². The highest BCUT2D eigenvalue weighted by Crippen LogP contribution is 2.30. The van der Waals surface area contributed by atoms with Crippen molar-refractivity contribution in [3.05, 3.63) is 29.8 Å². The van der Waals surface area contributed by atoms with Gasteiger partial charge < -0.3 is 4.74 Å². The Hall–Kier alpha value is -1.08. The van der Waals surface area contributed by atoms with Crippen molar-refractivity contribution in [1.82, 2.24) is 0 Å². The van der Waals surface area contributed by atoms with Gasteiger partial charge in [-0.05, 0) is 32.0 Å². The highest BCUT2D eigenvalue weighted by molar-refractivity contribution is 7.91. The van der Waals surface area contributed by atoms with E-state index >= 15 is 0 Å². The van der Waals surface area contributed by atoms with E-state index in [1.165, 1.54) is 0 Å². The van der Waals surface area contributed by atoms with Crippen LogP contribution < -0.4 is 0 Å². The second kappa shape index (κ2) is 5.92. The average Bonchev–Trinajstić information content (AvgIpc) is 2.27. The maximum Gasteiger partial charge on any atom is 0.416 e. The molecule has 0 amide bonds. The Kier molecular flexibility index (Phi) is 4.98. The minimum atomic E-state index is -4.56. The maximum absolute atomic E-state index is 12.5. The first-order chi connectivity index (χ1) is 8.63. The lowest BCUT2D eigenvalue weighted by Crippen LogP contribution is -2.16. The Morgan fingerprint density at radius 2 is 1.89 bits per heavy atom. The van der Waals surface area contributed by atoms with E-state index in [1.807, 2.05) is 0 Å². The molecule has 7 heteroatoms. The molecule has 0 bridgehead atoms. The van der Waals surface area contributed by atoms with Crippen LogP contribution in [0.25, 0.3) is 0 Å². The maximum atomic E-state index is 12.5. The van der Waals surface area contributed by atoms with Crippen molar-refractivity contribution in [2.24, 2.45) is 0 Å². The van der Waals surface area contributed by atoms with E-state index in [0.717, 1.165) is 18.2 Å². The van der Waals surface area contributed by atoms with E-state index in [-0.39, 0.29) is 23.4 Å². The van der Waals surface area contributed by atoms with Gasteiger partial charge in [0.15, 0.2) is 9.84 Å². The quantitative estimate of drug-likeness (QED) is 0.839. The van der Waals surface area contributed by atoms with Crippen LogP contribution in [0.1, 0.15) is 19.4 Å². The molecular formula is C12H15F3O3S. The molecule has 0 aliphatic rings. The molecule has 0 unspecified atom stereocenters. The van der Waals surface area contributed by atoms with Gasteiger partial charge in [0.2, 0.25) is 0 Å². The van der Waals surface area contributed by atoms with Crippen LogP contribution in [0.2, 0.25) is 0 Å². The van der Waals surface area contributed by atoms with Crippen molar-refractivity contribution in [1.29, 1.82) is 0 Å². The van der Waals surface area contributed by atoms with Crippen molar-refractivity contribution >= 4 is 9.84 Å². The predicted molar refractivity (Wildman–Crippen MR) is 64.6 cm³/mol. The molecule has 0 N–H and O–H groups in total. The van der Waals surface area contributed by atoms with Gasteiger partial charge in [0.1, 0.15) is 0 Å². The molecule has 108 valence electrons. The molecule has 0 saturated heterocycles. The van der Waals surface area contributed by atoms with Crippen LogP contribution in [0.5, 0.6) is 0 Å². The van der Waals surface area contributed by atoms with Gasteiger partial charge in [0, 0.05) is 0 Å². The number of ether oxygens (including phenoxy) is 1. The number of sulfone groups is 1. The lowest BCUT2D eigenvalue weighted by molar-refractivity contribution is -0.137. The molecule has 3 nitrogen and oxygen atoms in total. The van der Waals surface area contributed by atoms with Gasteiger partial charge in [-0.2, -0.15) is 13.2 Å². The van der Waals surface area contributed by atoms with E-state index < -0.39 is 21.6 Å². The van der Waals surface area contributed by atoms with E-state index in [1.54, 1.807) is 13.8 Å². The lowest BCUT2D eigenvalue weighted by Gasteiger charge is -2.10. The Labute approximate surface area is 110 Å². The third kappa shape index (κ3) is 4.83. The molecule has 1 aromatic carbocycles. The molecule has 0 aromatic heterocycles. The summed E-state index contributed by atoms with van der Waals surface area (Å²) in [7, 11) is -3.76.